The molecule has 140 valence electrons. The number of aromatic nitrogens is 1. The number of hydrogen-bond donors (Lipinski definition) is 2. The zero-order chi connectivity index (χ0) is 18.1. The van der Waals surface area contributed by atoms with Crippen LogP contribution in [-0.2, 0) is 11.3 Å². The van der Waals surface area contributed by atoms with E-state index in [2.05, 4.69) is 4.57 Å². The molecular weight excluding hydrogens is 354 g/mol. The van der Waals surface area contributed by atoms with Gasteiger partial charge in [0.15, 0.2) is 17.7 Å². The van der Waals surface area contributed by atoms with Crippen LogP contribution >= 0.6 is 0 Å². The van der Waals surface area contributed by atoms with Crippen LogP contribution in [-0.4, -0.2) is 22.8 Å². The quantitative estimate of drug-likeness (QED) is 0.493. The lowest BCUT2D eigenvalue weighted by Crippen LogP contribution is -3.00. The van der Waals surface area contributed by atoms with Crippen molar-refractivity contribution in [1.82, 2.24) is 0 Å². The minimum atomic E-state index is -0.754. The number of rotatable bonds is 9. The number of hydrogen-bond acceptors (Lipinski definition) is 3. The van der Waals surface area contributed by atoms with Crippen LogP contribution in [0, 0.1) is 0 Å². The Bertz CT molecular complexity index is 746. The van der Waals surface area contributed by atoms with E-state index in [-0.39, 0.29) is 24.6 Å². The number of carboxylic acid groups (broad SMARTS) is 1. The predicted octanol–water partition coefficient (Wildman–Crippen LogP) is 0.508. The van der Waals surface area contributed by atoms with E-state index in [1.807, 2.05) is 49.5 Å². The van der Waals surface area contributed by atoms with Crippen molar-refractivity contribution in [3.8, 4) is 11.5 Å². The van der Waals surface area contributed by atoms with E-state index in [0.717, 1.165) is 24.2 Å². The van der Waals surface area contributed by atoms with Crippen molar-refractivity contribution in [3.63, 3.8) is 0 Å². The summed E-state index contributed by atoms with van der Waals surface area (Å²) in [6, 6.07) is 11.2. The van der Waals surface area contributed by atoms with Crippen molar-refractivity contribution in [2.24, 2.45) is 0 Å². The number of aliphatic carboxylic acids is 1. The van der Waals surface area contributed by atoms with Crippen LogP contribution in [0.15, 0.2) is 42.6 Å². The zero-order valence-corrected chi connectivity index (χ0v) is 15.5. The van der Waals surface area contributed by atoms with Crippen LogP contribution in [0.1, 0.15) is 37.4 Å². The number of unbranched alkanes of at least 4 members (excludes halogenated alkanes) is 1. The molecule has 5 nitrogen and oxygen atoms in total. The van der Waals surface area contributed by atoms with Crippen molar-refractivity contribution in [1.29, 1.82) is 0 Å². The Morgan fingerprint density at radius 2 is 2.00 bits per heavy atom. The van der Waals surface area contributed by atoms with Gasteiger partial charge in [-0.05, 0) is 43.2 Å². The Hall–Kier alpha value is -2.53. The summed E-state index contributed by atoms with van der Waals surface area (Å²) in [5.41, 5.74) is 1.96. The van der Waals surface area contributed by atoms with Crippen LogP contribution < -0.4 is 21.7 Å². The van der Waals surface area contributed by atoms with E-state index < -0.39 is 5.97 Å². The average molecular weight is 378 g/mol. The van der Waals surface area contributed by atoms with Gasteiger partial charge in [-0.25, -0.2) is 0 Å². The fraction of sp³-hybridized carbons (Fsp3) is 0.300. The molecule has 0 bridgehead atoms. The lowest BCUT2D eigenvalue weighted by atomic mass is 10.1. The summed E-state index contributed by atoms with van der Waals surface area (Å²) in [4.78, 5) is 10.6. The predicted molar refractivity (Wildman–Crippen MR) is 96.3 cm³/mol. The number of carboxylic acids is 1. The summed E-state index contributed by atoms with van der Waals surface area (Å²) in [5, 5.41) is 18.5. The molecule has 1 aromatic heterocycles. The highest BCUT2D eigenvalue weighted by Crippen LogP contribution is 2.27. The van der Waals surface area contributed by atoms with Gasteiger partial charge in [0.05, 0.1) is 6.61 Å². The van der Waals surface area contributed by atoms with Gasteiger partial charge in [-0.2, -0.15) is 4.57 Å². The molecule has 0 aliphatic carbocycles. The molecule has 1 heterocycles. The van der Waals surface area contributed by atoms with Crippen molar-refractivity contribution in [2.45, 2.75) is 32.7 Å². The number of aryl methyl sites for hydroxylation is 1. The standard InChI is InChI=1S/C20H23NO4.ClH/c1-2-25-19-15-16(10-12-18(19)22)9-11-17-7-3-5-13-21(17)14-6-4-8-20(23)24;/h3,5,7,9-13,15H,2,4,6,8,14H2,1H3,(H,23,24);1H. The number of phenols is 1. The molecule has 6 heteroatoms. The summed E-state index contributed by atoms with van der Waals surface area (Å²) in [6.45, 7) is 3.14. The second-order valence-electron chi connectivity index (χ2n) is 5.66. The molecule has 0 spiro atoms. The number of aromatic hydroxyl groups is 1. The summed E-state index contributed by atoms with van der Waals surface area (Å²) in [6.07, 6.45) is 7.63. The third-order valence-corrected chi connectivity index (χ3v) is 3.75. The summed E-state index contributed by atoms with van der Waals surface area (Å²) in [5.74, 6) is -0.151. The SMILES string of the molecule is CCOc1cc(/C=C/c2cccc[n+]2CCCCC(=O)O)ccc1O.[Cl-]. The maximum atomic E-state index is 10.6. The van der Waals surface area contributed by atoms with Gasteiger partial charge in [0.2, 0.25) is 5.69 Å². The topological polar surface area (TPSA) is 70.6 Å². The molecule has 0 unspecified atom stereocenters. The van der Waals surface area contributed by atoms with E-state index >= 15 is 0 Å². The van der Waals surface area contributed by atoms with Crippen molar-refractivity contribution in [2.75, 3.05) is 6.61 Å². The van der Waals surface area contributed by atoms with Crippen molar-refractivity contribution < 1.29 is 36.7 Å². The van der Waals surface area contributed by atoms with E-state index in [9.17, 15) is 9.90 Å². The monoisotopic (exact) mass is 377 g/mol. The molecule has 0 saturated heterocycles. The summed E-state index contributed by atoms with van der Waals surface area (Å²) < 4.78 is 7.50. The fourth-order valence-electron chi connectivity index (χ4n) is 2.49. The third kappa shape index (κ3) is 6.76. The third-order valence-electron chi connectivity index (χ3n) is 3.75. The van der Waals surface area contributed by atoms with Gasteiger partial charge in [0.25, 0.3) is 0 Å². The maximum absolute atomic E-state index is 10.6. The van der Waals surface area contributed by atoms with Gasteiger partial charge < -0.3 is 27.4 Å². The van der Waals surface area contributed by atoms with E-state index in [1.165, 1.54) is 0 Å². The maximum Gasteiger partial charge on any atom is 0.303 e. The van der Waals surface area contributed by atoms with E-state index in [1.54, 1.807) is 12.1 Å². The molecular formula is C20H24ClNO4. The number of pyridine rings is 1. The van der Waals surface area contributed by atoms with Gasteiger partial charge in [0.1, 0.15) is 6.54 Å². The first-order chi connectivity index (χ1) is 12.1. The molecule has 0 aliphatic heterocycles. The molecule has 2 rings (SSSR count). The number of benzene rings is 1. The second kappa shape index (κ2) is 11.2. The largest absolute Gasteiger partial charge is 1.00 e. The first-order valence-corrected chi connectivity index (χ1v) is 8.44. The van der Waals surface area contributed by atoms with Gasteiger partial charge in [0, 0.05) is 31.1 Å². The minimum absolute atomic E-state index is 0. The fourth-order valence-corrected chi connectivity index (χ4v) is 2.49. The number of nitrogens with zero attached hydrogens (tertiary/aromatic N) is 1. The van der Waals surface area contributed by atoms with Crippen molar-refractivity contribution in [3.05, 3.63) is 53.9 Å². The van der Waals surface area contributed by atoms with Gasteiger partial charge in [-0.1, -0.05) is 6.07 Å². The molecule has 0 atom stereocenters. The lowest BCUT2D eigenvalue weighted by Gasteiger charge is -2.06. The highest BCUT2D eigenvalue weighted by atomic mass is 35.5. The molecule has 2 aromatic rings. The molecule has 26 heavy (non-hydrogen) atoms. The van der Waals surface area contributed by atoms with Crippen LogP contribution in [0.4, 0.5) is 0 Å². The molecule has 2 N–H and O–H groups in total. The van der Waals surface area contributed by atoms with Crippen molar-refractivity contribution >= 4 is 18.1 Å². The highest BCUT2D eigenvalue weighted by Gasteiger charge is 2.07. The van der Waals surface area contributed by atoms with E-state index in [4.69, 9.17) is 9.84 Å². The molecule has 1 aromatic carbocycles. The van der Waals surface area contributed by atoms with Crippen LogP contribution in [0.25, 0.3) is 12.2 Å². The molecule has 0 fully saturated rings. The number of phenolic OH excluding ortho intramolecular Hbond substituents is 1. The Labute approximate surface area is 160 Å². The Balaban J connectivity index is 0.00000338. The zero-order valence-electron chi connectivity index (χ0n) is 14.8. The first kappa shape index (κ1) is 21.5. The number of ether oxygens (including phenoxy) is 1. The second-order valence-corrected chi connectivity index (χ2v) is 5.66. The Kier molecular flexibility index (Phi) is 9.23. The smallest absolute Gasteiger partial charge is 0.303 e. The highest BCUT2D eigenvalue weighted by molar-refractivity contribution is 5.68. The minimum Gasteiger partial charge on any atom is -1.00 e. The van der Waals surface area contributed by atoms with Gasteiger partial charge in [-0.3, -0.25) is 4.79 Å². The normalized spacial score (nSPS) is 10.5. The molecule has 0 aliphatic rings. The average Bonchev–Trinajstić information content (AvgIpc) is 2.60. The van der Waals surface area contributed by atoms with E-state index in [0.29, 0.717) is 18.8 Å². The van der Waals surface area contributed by atoms with Gasteiger partial charge in [-0.15, -0.1) is 0 Å². The number of halogens is 1. The summed E-state index contributed by atoms with van der Waals surface area (Å²) in [7, 11) is 0. The lowest BCUT2D eigenvalue weighted by molar-refractivity contribution is -0.699. The van der Waals surface area contributed by atoms with Crippen LogP contribution in [0.3, 0.4) is 0 Å². The first-order valence-electron chi connectivity index (χ1n) is 8.44. The molecule has 0 saturated carbocycles. The number of carbonyl (C=O) groups is 1. The molecule has 0 radical (unpaired) electrons. The summed E-state index contributed by atoms with van der Waals surface area (Å²) >= 11 is 0. The van der Waals surface area contributed by atoms with Crippen LogP contribution in [0.2, 0.25) is 0 Å². The molecule has 0 amide bonds. The Morgan fingerprint density at radius 3 is 2.73 bits per heavy atom. The van der Waals surface area contributed by atoms with Crippen LogP contribution in [0.5, 0.6) is 11.5 Å². The van der Waals surface area contributed by atoms with Gasteiger partial charge >= 0.3 is 5.97 Å². The Morgan fingerprint density at radius 1 is 1.19 bits per heavy atom.